The van der Waals surface area contributed by atoms with E-state index in [1.54, 1.807) is 29.2 Å². The number of aromatic nitrogens is 1. The molecule has 0 spiro atoms. The van der Waals surface area contributed by atoms with Gasteiger partial charge in [0.25, 0.3) is 5.91 Å². The van der Waals surface area contributed by atoms with E-state index in [1.165, 1.54) is 0 Å². The smallest absolute Gasteiger partial charge is 0.277 e. The van der Waals surface area contributed by atoms with E-state index in [2.05, 4.69) is 5.16 Å². The zero-order chi connectivity index (χ0) is 27.5. The summed E-state index contributed by atoms with van der Waals surface area (Å²) in [6.07, 6.45) is 0.911. The van der Waals surface area contributed by atoms with Crippen molar-refractivity contribution in [2.45, 2.75) is 32.7 Å². The molecule has 0 saturated heterocycles. The summed E-state index contributed by atoms with van der Waals surface area (Å²) in [7, 11) is 0. The van der Waals surface area contributed by atoms with Crippen LogP contribution in [0.15, 0.2) is 86.5 Å². The summed E-state index contributed by atoms with van der Waals surface area (Å²) >= 11 is 6.28. The lowest BCUT2D eigenvalue weighted by molar-refractivity contribution is 0.0579. The minimum atomic E-state index is -0.575. The van der Waals surface area contributed by atoms with Crippen LogP contribution < -0.4 is 11.2 Å². The van der Waals surface area contributed by atoms with Gasteiger partial charge in [-0.15, -0.1) is 0 Å². The molecule has 3 aromatic carbocycles. The molecule has 0 radical (unpaired) electrons. The van der Waals surface area contributed by atoms with Gasteiger partial charge in [-0.3, -0.25) is 9.59 Å². The molecule has 5 aromatic rings. The monoisotopic (exact) mass is 543 g/mol. The number of amides is 1. The fraction of sp³-hybridized carbons (Fsp3) is 0.258. The molecule has 2 N–H and O–H groups in total. The van der Waals surface area contributed by atoms with Crippen molar-refractivity contribution in [1.82, 2.24) is 10.1 Å². The van der Waals surface area contributed by atoms with Crippen LogP contribution in [0.3, 0.4) is 0 Å². The van der Waals surface area contributed by atoms with Crippen LogP contribution in [0.5, 0.6) is 0 Å². The summed E-state index contributed by atoms with van der Waals surface area (Å²) in [5.74, 6) is 0.0117. The van der Waals surface area contributed by atoms with Gasteiger partial charge in [-0.2, -0.15) is 0 Å². The highest BCUT2D eigenvalue weighted by atomic mass is 35.5. The quantitative estimate of drug-likeness (QED) is 0.232. The maximum atomic E-state index is 14.1. The molecule has 0 saturated carbocycles. The maximum Gasteiger partial charge on any atom is 0.277 e. The molecule has 2 aromatic heterocycles. The Morgan fingerprint density at radius 3 is 2.49 bits per heavy atom. The molecule has 1 atom stereocenters. The Hall–Kier alpha value is -3.94. The van der Waals surface area contributed by atoms with E-state index in [4.69, 9.17) is 26.3 Å². The van der Waals surface area contributed by atoms with Crippen molar-refractivity contribution in [3.05, 3.63) is 111 Å². The van der Waals surface area contributed by atoms with Crippen molar-refractivity contribution in [3.8, 4) is 0 Å². The van der Waals surface area contributed by atoms with Crippen LogP contribution in [0.1, 0.15) is 53.7 Å². The van der Waals surface area contributed by atoms with Gasteiger partial charge in [0.2, 0.25) is 0 Å². The average molecular weight is 544 g/mol. The number of hydrogen-bond donors (Lipinski definition) is 1. The van der Waals surface area contributed by atoms with Gasteiger partial charge in [0.05, 0.1) is 16.8 Å². The SMILES string of the molecule is CC(C)C(c1oc2cc(Cl)ccc2c(=O)c1Cc1ccccc1)N(CCCN)C(=O)c1noc2ccccc12. The predicted octanol–water partition coefficient (Wildman–Crippen LogP) is 6.37. The lowest BCUT2D eigenvalue weighted by Gasteiger charge is -2.34. The Morgan fingerprint density at radius 1 is 1.00 bits per heavy atom. The Bertz CT molecular complexity index is 1680. The van der Waals surface area contributed by atoms with E-state index in [-0.39, 0.29) is 22.9 Å². The second-order valence-corrected chi connectivity index (χ2v) is 10.4. The largest absolute Gasteiger partial charge is 0.458 e. The van der Waals surface area contributed by atoms with Crippen LogP contribution in [0.2, 0.25) is 5.02 Å². The molecule has 200 valence electrons. The first kappa shape index (κ1) is 26.7. The number of hydrogen-bond acceptors (Lipinski definition) is 6. The molecule has 0 bridgehead atoms. The number of halogens is 1. The van der Waals surface area contributed by atoms with Crippen molar-refractivity contribution in [2.24, 2.45) is 11.7 Å². The number of fused-ring (bicyclic) bond motifs is 2. The summed E-state index contributed by atoms with van der Waals surface area (Å²) in [5.41, 5.74) is 8.33. The Labute approximate surface area is 231 Å². The minimum absolute atomic E-state index is 0.112. The molecule has 7 nitrogen and oxygen atoms in total. The number of para-hydroxylation sites is 1. The Morgan fingerprint density at radius 2 is 1.74 bits per heavy atom. The topological polar surface area (TPSA) is 103 Å². The van der Waals surface area contributed by atoms with Gasteiger partial charge in [-0.1, -0.05) is 73.1 Å². The van der Waals surface area contributed by atoms with Crippen LogP contribution >= 0.6 is 11.6 Å². The van der Waals surface area contributed by atoms with E-state index >= 15 is 0 Å². The molecule has 5 rings (SSSR count). The summed E-state index contributed by atoms with van der Waals surface area (Å²) < 4.78 is 12.0. The molecular weight excluding hydrogens is 514 g/mol. The molecule has 0 fully saturated rings. The molecule has 1 unspecified atom stereocenters. The zero-order valence-electron chi connectivity index (χ0n) is 21.9. The number of carbonyl (C=O) groups excluding carboxylic acids is 1. The van der Waals surface area contributed by atoms with E-state index in [0.29, 0.717) is 64.2 Å². The van der Waals surface area contributed by atoms with Gasteiger partial charge in [-0.05, 0) is 48.7 Å². The van der Waals surface area contributed by atoms with E-state index in [1.807, 2.05) is 62.4 Å². The molecule has 0 aliphatic rings. The predicted molar refractivity (Wildman–Crippen MR) is 153 cm³/mol. The molecule has 0 aliphatic carbocycles. The molecule has 0 aliphatic heterocycles. The van der Waals surface area contributed by atoms with Crippen molar-refractivity contribution in [2.75, 3.05) is 13.1 Å². The molecule has 39 heavy (non-hydrogen) atoms. The van der Waals surface area contributed by atoms with Crippen LogP contribution in [0.25, 0.3) is 21.9 Å². The lowest BCUT2D eigenvalue weighted by Crippen LogP contribution is -2.40. The van der Waals surface area contributed by atoms with E-state index < -0.39 is 6.04 Å². The fourth-order valence-electron chi connectivity index (χ4n) is 5.04. The normalized spacial score (nSPS) is 12.3. The van der Waals surface area contributed by atoms with E-state index in [9.17, 15) is 9.59 Å². The van der Waals surface area contributed by atoms with Gasteiger partial charge in [0.1, 0.15) is 11.3 Å². The molecule has 8 heteroatoms. The molecule has 2 heterocycles. The highest BCUT2D eigenvalue weighted by molar-refractivity contribution is 6.31. The van der Waals surface area contributed by atoms with Gasteiger partial charge in [0, 0.05) is 29.6 Å². The summed E-state index contributed by atoms with van der Waals surface area (Å²) in [6.45, 7) is 4.75. The standard InChI is InChI=1S/C31H30ClN3O4/c1-19(2)28(35(16-8-15-33)31(37)27-22-11-6-7-12-25(22)39-34-27)30-24(17-20-9-4-3-5-10-20)29(36)23-14-13-21(32)18-26(23)38-30/h3-7,9-14,18-19,28H,8,15-17,33H2,1-2H3. The number of nitrogens with zero attached hydrogens (tertiary/aromatic N) is 2. The van der Waals surface area contributed by atoms with Crippen molar-refractivity contribution >= 4 is 39.4 Å². The zero-order valence-corrected chi connectivity index (χ0v) is 22.6. The summed E-state index contributed by atoms with van der Waals surface area (Å²) in [5, 5.41) is 5.65. The molecular formula is C31H30ClN3O4. The third-order valence-corrected chi connectivity index (χ3v) is 7.12. The van der Waals surface area contributed by atoms with Crippen molar-refractivity contribution < 1.29 is 13.7 Å². The maximum absolute atomic E-state index is 14.1. The Balaban J connectivity index is 1.71. The second-order valence-electron chi connectivity index (χ2n) is 9.93. The van der Waals surface area contributed by atoms with Crippen LogP contribution in [0, 0.1) is 5.92 Å². The summed E-state index contributed by atoms with van der Waals surface area (Å²) in [6, 6.07) is 21.4. The van der Waals surface area contributed by atoms with Gasteiger partial charge < -0.3 is 19.6 Å². The number of rotatable bonds is 9. The van der Waals surface area contributed by atoms with Gasteiger partial charge in [0.15, 0.2) is 16.7 Å². The van der Waals surface area contributed by atoms with Crippen molar-refractivity contribution in [1.29, 1.82) is 0 Å². The van der Waals surface area contributed by atoms with Crippen LogP contribution in [-0.2, 0) is 6.42 Å². The summed E-state index contributed by atoms with van der Waals surface area (Å²) in [4.78, 5) is 29.8. The first-order valence-corrected chi connectivity index (χ1v) is 13.4. The fourth-order valence-corrected chi connectivity index (χ4v) is 5.20. The number of carbonyl (C=O) groups is 1. The van der Waals surface area contributed by atoms with Crippen molar-refractivity contribution in [3.63, 3.8) is 0 Å². The first-order valence-electron chi connectivity index (χ1n) is 13.0. The second kappa shape index (κ2) is 11.4. The Kier molecular flexibility index (Phi) is 7.82. The van der Waals surface area contributed by atoms with Crippen LogP contribution in [-0.4, -0.2) is 29.1 Å². The third kappa shape index (κ3) is 5.33. The number of nitrogens with two attached hydrogens (primary N) is 1. The highest BCUT2D eigenvalue weighted by Crippen LogP contribution is 2.35. The van der Waals surface area contributed by atoms with Crippen LogP contribution in [0.4, 0.5) is 0 Å². The number of benzene rings is 3. The lowest BCUT2D eigenvalue weighted by atomic mass is 9.92. The average Bonchev–Trinajstić information content (AvgIpc) is 3.37. The molecule has 1 amide bonds. The highest BCUT2D eigenvalue weighted by Gasteiger charge is 2.35. The minimum Gasteiger partial charge on any atom is -0.458 e. The van der Waals surface area contributed by atoms with Gasteiger partial charge >= 0.3 is 0 Å². The van der Waals surface area contributed by atoms with E-state index in [0.717, 1.165) is 5.56 Å². The first-order chi connectivity index (χ1) is 18.9. The van der Waals surface area contributed by atoms with Gasteiger partial charge in [-0.25, -0.2) is 0 Å². The third-order valence-electron chi connectivity index (χ3n) is 6.88.